The van der Waals surface area contributed by atoms with Crippen molar-refractivity contribution in [1.29, 1.82) is 0 Å². The average molecular weight is 357 g/mol. The van der Waals surface area contributed by atoms with E-state index in [1.165, 1.54) is 6.07 Å². The standard InChI is InChI=1S/C19H24FN5O/c1-14-21-17(23(2)3)13-18(22-14)24-8-10-25(11-9-24)19(26)12-15-6-4-5-7-16(15)20/h4-7,13H,8-12H2,1-3H3. The molecule has 0 spiro atoms. The fourth-order valence-corrected chi connectivity index (χ4v) is 3.03. The van der Waals surface area contributed by atoms with E-state index in [1.54, 1.807) is 23.1 Å². The minimum absolute atomic E-state index is 0.0393. The van der Waals surface area contributed by atoms with Crippen LogP contribution in [0.4, 0.5) is 16.0 Å². The number of benzene rings is 1. The molecule has 7 heteroatoms. The second-order valence-electron chi connectivity index (χ2n) is 6.66. The van der Waals surface area contributed by atoms with Crippen LogP contribution in [0, 0.1) is 12.7 Å². The largest absolute Gasteiger partial charge is 0.363 e. The lowest BCUT2D eigenvalue weighted by Crippen LogP contribution is -2.49. The summed E-state index contributed by atoms with van der Waals surface area (Å²) in [5, 5.41) is 0. The second kappa shape index (κ2) is 7.68. The van der Waals surface area contributed by atoms with Crippen LogP contribution in [0.15, 0.2) is 30.3 Å². The number of carbonyl (C=O) groups is 1. The maximum absolute atomic E-state index is 13.7. The van der Waals surface area contributed by atoms with E-state index in [0.29, 0.717) is 31.7 Å². The molecule has 1 fully saturated rings. The van der Waals surface area contributed by atoms with Gasteiger partial charge in [-0.25, -0.2) is 14.4 Å². The third kappa shape index (κ3) is 4.09. The maximum Gasteiger partial charge on any atom is 0.227 e. The Morgan fingerprint density at radius 3 is 2.50 bits per heavy atom. The van der Waals surface area contributed by atoms with Crippen molar-refractivity contribution < 1.29 is 9.18 Å². The Hall–Kier alpha value is -2.70. The van der Waals surface area contributed by atoms with E-state index in [9.17, 15) is 9.18 Å². The van der Waals surface area contributed by atoms with Crippen LogP contribution in [0.25, 0.3) is 0 Å². The first-order valence-corrected chi connectivity index (χ1v) is 8.73. The monoisotopic (exact) mass is 357 g/mol. The van der Waals surface area contributed by atoms with Crippen LogP contribution in [0.5, 0.6) is 0 Å². The molecule has 2 heterocycles. The van der Waals surface area contributed by atoms with E-state index in [1.807, 2.05) is 32.0 Å². The van der Waals surface area contributed by atoms with Crippen molar-refractivity contribution in [1.82, 2.24) is 14.9 Å². The van der Waals surface area contributed by atoms with Crippen LogP contribution >= 0.6 is 0 Å². The zero-order valence-corrected chi connectivity index (χ0v) is 15.4. The highest BCUT2D eigenvalue weighted by atomic mass is 19.1. The van der Waals surface area contributed by atoms with Crippen LogP contribution in [0.1, 0.15) is 11.4 Å². The summed E-state index contributed by atoms with van der Waals surface area (Å²) in [5.74, 6) is 2.10. The lowest BCUT2D eigenvalue weighted by Gasteiger charge is -2.35. The average Bonchev–Trinajstić information content (AvgIpc) is 2.63. The van der Waals surface area contributed by atoms with Gasteiger partial charge in [-0.1, -0.05) is 18.2 Å². The Morgan fingerprint density at radius 1 is 1.15 bits per heavy atom. The topological polar surface area (TPSA) is 52.6 Å². The number of hydrogen-bond acceptors (Lipinski definition) is 5. The van der Waals surface area contributed by atoms with Crippen LogP contribution in [0.3, 0.4) is 0 Å². The van der Waals surface area contributed by atoms with Crippen molar-refractivity contribution in [2.24, 2.45) is 0 Å². The van der Waals surface area contributed by atoms with Gasteiger partial charge in [-0.3, -0.25) is 4.79 Å². The molecule has 138 valence electrons. The highest BCUT2D eigenvalue weighted by Crippen LogP contribution is 2.19. The molecular formula is C19H24FN5O. The Morgan fingerprint density at radius 2 is 1.85 bits per heavy atom. The molecular weight excluding hydrogens is 333 g/mol. The van der Waals surface area contributed by atoms with E-state index < -0.39 is 0 Å². The van der Waals surface area contributed by atoms with Gasteiger partial charge < -0.3 is 14.7 Å². The predicted molar refractivity (Wildman–Crippen MR) is 100.0 cm³/mol. The molecule has 3 rings (SSSR count). The van der Waals surface area contributed by atoms with Gasteiger partial charge in [0.15, 0.2) is 0 Å². The van der Waals surface area contributed by atoms with Crippen LogP contribution in [-0.2, 0) is 11.2 Å². The Bertz CT molecular complexity index is 787. The van der Waals surface area contributed by atoms with Crippen molar-refractivity contribution in [3.63, 3.8) is 0 Å². The van der Waals surface area contributed by atoms with E-state index in [0.717, 1.165) is 17.5 Å². The number of hydrogen-bond donors (Lipinski definition) is 0. The third-order valence-corrected chi connectivity index (χ3v) is 4.52. The number of halogens is 1. The number of anilines is 2. The van der Waals surface area contributed by atoms with Gasteiger partial charge in [0, 0.05) is 46.3 Å². The van der Waals surface area contributed by atoms with Gasteiger partial charge in [0.05, 0.1) is 6.42 Å². The van der Waals surface area contributed by atoms with E-state index in [2.05, 4.69) is 14.9 Å². The summed E-state index contributed by atoms with van der Waals surface area (Å²) in [6.45, 7) is 4.49. The lowest BCUT2D eigenvalue weighted by atomic mass is 10.1. The van der Waals surface area contributed by atoms with Crippen LogP contribution in [-0.4, -0.2) is 61.0 Å². The molecule has 0 N–H and O–H groups in total. The molecule has 2 aromatic rings. The molecule has 6 nitrogen and oxygen atoms in total. The normalized spacial score (nSPS) is 14.5. The molecule has 1 aliphatic heterocycles. The molecule has 1 aromatic carbocycles. The summed E-state index contributed by atoms with van der Waals surface area (Å²) in [4.78, 5) is 27.3. The summed E-state index contributed by atoms with van der Waals surface area (Å²) in [6, 6.07) is 8.40. The molecule has 1 aromatic heterocycles. The molecule has 0 bridgehead atoms. The van der Waals surface area contributed by atoms with E-state index >= 15 is 0 Å². The first kappa shape index (κ1) is 18.1. The first-order chi connectivity index (χ1) is 12.4. The van der Waals surface area contributed by atoms with Crippen molar-refractivity contribution in [2.45, 2.75) is 13.3 Å². The van der Waals surface area contributed by atoms with Gasteiger partial charge >= 0.3 is 0 Å². The Labute approximate surface area is 153 Å². The maximum atomic E-state index is 13.7. The van der Waals surface area contributed by atoms with Gasteiger partial charge in [0.1, 0.15) is 23.3 Å². The number of nitrogens with zero attached hydrogens (tertiary/aromatic N) is 5. The van der Waals surface area contributed by atoms with Crippen molar-refractivity contribution in [2.75, 3.05) is 50.1 Å². The van der Waals surface area contributed by atoms with Gasteiger partial charge in [-0.05, 0) is 18.6 Å². The van der Waals surface area contributed by atoms with Gasteiger partial charge in [-0.15, -0.1) is 0 Å². The summed E-state index contributed by atoms with van der Waals surface area (Å²) in [7, 11) is 3.90. The van der Waals surface area contributed by atoms with Crippen LogP contribution in [0.2, 0.25) is 0 Å². The fourth-order valence-electron chi connectivity index (χ4n) is 3.03. The zero-order valence-electron chi connectivity index (χ0n) is 15.4. The van der Waals surface area contributed by atoms with E-state index in [4.69, 9.17) is 0 Å². The minimum Gasteiger partial charge on any atom is -0.363 e. The Balaban J connectivity index is 1.62. The molecule has 0 aliphatic carbocycles. The molecule has 1 saturated heterocycles. The quantitative estimate of drug-likeness (QED) is 0.836. The van der Waals surface area contributed by atoms with Gasteiger partial charge in [0.2, 0.25) is 5.91 Å². The highest BCUT2D eigenvalue weighted by molar-refractivity contribution is 5.79. The number of piperazine rings is 1. The molecule has 1 aliphatic rings. The van der Waals surface area contributed by atoms with Crippen molar-refractivity contribution >= 4 is 17.5 Å². The SMILES string of the molecule is Cc1nc(N(C)C)cc(N2CCN(C(=O)Cc3ccccc3F)CC2)n1. The summed E-state index contributed by atoms with van der Waals surface area (Å²) >= 11 is 0. The smallest absolute Gasteiger partial charge is 0.227 e. The van der Waals surface area contributed by atoms with Gasteiger partial charge in [-0.2, -0.15) is 0 Å². The number of rotatable bonds is 4. The number of amides is 1. The molecule has 26 heavy (non-hydrogen) atoms. The zero-order chi connectivity index (χ0) is 18.7. The van der Waals surface area contributed by atoms with E-state index in [-0.39, 0.29) is 18.1 Å². The summed E-state index contributed by atoms with van der Waals surface area (Å²) in [5.41, 5.74) is 0.446. The molecule has 1 amide bonds. The Kier molecular flexibility index (Phi) is 5.35. The van der Waals surface area contributed by atoms with Crippen LogP contribution < -0.4 is 9.80 Å². The number of carbonyl (C=O) groups excluding carboxylic acids is 1. The lowest BCUT2D eigenvalue weighted by molar-refractivity contribution is -0.130. The van der Waals surface area contributed by atoms with Crippen molar-refractivity contribution in [3.05, 3.63) is 47.5 Å². The highest BCUT2D eigenvalue weighted by Gasteiger charge is 2.23. The number of aryl methyl sites for hydroxylation is 1. The molecule has 0 atom stereocenters. The minimum atomic E-state index is -0.327. The van der Waals surface area contributed by atoms with Crippen molar-refractivity contribution in [3.8, 4) is 0 Å². The van der Waals surface area contributed by atoms with Gasteiger partial charge in [0.25, 0.3) is 0 Å². The molecule has 0 unspecified atom stereocenters. The summed E-state index contributed by atoms with van der Waals surface area (Å²) < 4.78 is 13.7. The first-order valence-electron chi connectivity index (χ1n) is 8.73. The molecule has 0 radical (unpaired) electrons. The second-order valence-corrected chi connectivity index (χ2v) is 6.66. The number of aromatic nitrogens is 2. The fraction of sp³-hybridized carbons (Fsp3) is 0.421. The predicted octanol–water partition coefficient (Wildman–Crippen LogP) is 1.88. The molecule has 0 saturated carbocycles. The summed E-state index contributed by atoms with van der Waals surface area (Å²) in [6.07, 6.45) is 0.101. The third-order valence-electron chi connectivity index (χ3n) is 4.52.